The van der Waals surface area contributed by atoms with E-state index in [0.717, 1.165) is 4.90 Å². The summed E-state index contributed by atoms with van der Waals surface area (Å²) in [6, 6.07) is 0. The molecule has 0 spiro atoms. The zero-order valence-electron chi connectivity index (χ0n) is 6.04. The Bertz CT molecular complexity index is 192. The van der Waals surface area contributed by atoms with Gasteiger partial charge in [-0.2, -0.15) is 0 Å². The Balaban J connectivity index is 2.60. The molecule has 5 heteroatoms. The van der Waals surface area contributed by atoms with Crippen molar-refractivity contribution in [3.8, 4) is 0 Å². The van der Waals surface area contributed by atoms with Gasteiger partial charge in [0, 0.05) is 0 Å². The lowest BCUT2D eigenvalue weighted by atomic mass is 10.4. The number of alkyl halides is 1. The van der Waals surface area contributed by atoms with E-state index >= 15 is 0 Å². The molecule has 2 amide bonds. The van der Waals surface area contributed by atoms with Gasteiger partial charge in [-0.3, -0.25) is 4.79 Å². The molecule has 0 saturated carbocycles. The Kier molecular flexibility index (Phi) is 2.34. The first kappa shape index (κ1) is 8.33. The van der Waals surface area contributed by atoms with Gasteiger partial charge in [-0.15, -0.1) is 11.6 Å². The van der Waals surface area contributed by atoms with Crippen LogP contribution in [0.1, 0.15) is 6.92 Å². The number of rotatable bonds is 1. The van der Waals surface area contributed by atoms with E-state index < -0.39 is 17.4 Å². The van der Waals surface area contributed by atoms with Crippen LogP contribution in [0.15, 0.2) is 0 Å². The van der Waals surface area contributed by atoms with Gasteiger partial charge in [-0.05, 0) is 6.92 Å². The van der Waals surface area contributed by atoms with Crippen LogP contribution in [0.2, 0.25) is 0 Å². The van der Waals surface area contributed by atoms with Crippen LogP contribution in [0.25, 0.3) is 0 Å². The Labute approximate surface area is 69.1 Å². The standard InChI is InChI=1S/C6H8ClNO3/c1-4(7)5(9)8-2-3-11-6(8)10/h4H,2-3H2,1H3. The van der Waals surface area contributed by atoms with E-state index in [0.29, 0.717) is 6.54 Å². The van der Waals surface area contributed by atoms with Crippen molar-refractivity contribution in [3.05, 3.63) is 0 Å². The fourth-order valence-corrected chi connectivity index (χ4v) is 0.926. The number of halogens is 1. The second-order valence-electron chi connectivity index (χ2n) is 2.22. The van der Waals surface area contributed by atoms with Crippen molar-refractivity contribution in [1.29, 1.82) is 0 Å². The fourth-order valence-electron chi connectivity index (χ4n) is 0.808. The zero-order valence-corrected chi connectivity index (χ0v) is 6.80. The van der Waals surface area contributed by atoms with E-state index in [2.05, 4.69) is 4.74 Å². The Morgan fingerprint density at radius 1 is 1.82 bits per heavy atom. The number of imide groups is 1. The molecule has 1 rings (SSSR count). The van der Waals surface area contributed by atoms with Crippen LogP contribution in [0.4, 0.5) is 4.79 Å². The molecule has 1 heterocycles. The molecule has 0 N–H and O–H groups in total. The van der Waals surface area contributed by atoms with E-state index in [1.807, 2.05) is 0 Å². The first-order valence-electron chi connectivity index (χ1n) is 3.25. The summed E-state index contributed by atoms with van der Waals surface area (Å²) in [6.45, 7) is 2.11. The maximum absolute atomic E-state index is 11.0. The predicted molar refractivity (Wildman–Crippen MR) is 38.4 cm³/mol. The second kappa shape index (κ2) is 3.09. The van der Waals surface area contributed by atoms with E-state index in [-0.39, 0.29) is 6.61 Å². The Hall–Kier alpha value is -0.770. The molecule has 0 bridgehead atoms. The number of carbonyl (C=O) groups is 2. The molecule has 4 nitrogen and oxygen atoms in total. The third-order valence-corrected chi connectivity index (χ3v) is 1.55. The van der Waals surface area contributed by atoms with Crippen molar-refractivity contribution in [2.45, 2.75) is 12.3 Å². The molecule has 11 heavy (non-hydrogen) atoms. The first-order valence-corrected chi connectivity index (χ1v) is 3.69. The van der Waals surface area contributed by atoms with Crippen LogP contribution in [-0.2, 0) is 9.53 Å². The molecule has 0 aromatic rings. The minimum atomic E-state index is -0.666. The van der Waals surface area contributed by atoms with E-state index in [9.17, 15) is 9.59 Å². The van der Waals surface area contributed by atoms with Gasteiger partial charge in [0.05, 0.1) is 6.54 Å². The van der Waals surface area contributed by atoms with E-state index in [4.69, 9.17) is 11.6 Å². The summed E-state index contributed by atoms with van der Waals surface area (Å²) in [5.74, 6) is -0.394. The highest BCUT2D eigenvalue weighted by atomic mass is 35.5. The lowest BCUT2D eigenvalue weighted by molar-refractivity contribution is -0.127. The smallest absolute Gasteiger partial charge is 0.416 e. The van der Waals surface area contributed by atoms with Crippen molar-refractivity contribution in [1.82, 2.24) is 4.90 Å². The van der Waals surface area contributed by atoms with Crippen molar-refractivity contribution < 1.29 is 14.3 Å². The Morgan fingerprint density at radius 3 is 2.82 bits per heavy atom. The average molecular weight is 178 g/mol. The molecule has 0 aliphatic carbocycles. The minimum absolute atomic E-state index is 0.272. The van der Waals surface area contributed by atoms with Gasteiger partial charge in [0.2, 0.25) is 5.91 Å². The van der Waals surface area contributed by atoms with Crippen LogP contribution >= 0.6 is 11.6 Å². The highest BCUT2D eigenvalue weighted by Crippen LogP contribution is 2.08. The molecule has 0 radical (unpaired) electrons. The van der Waals surface area contributed by atoms with Crippen LogP contribution in [-0.4, -0.2) is 35.4 Å². The molecule has 0 aromatic heterocycles. The van der Waals surface area contributed by atoms with Crippen LogP contribution in [0, 0.1) is 0 Å². The predicted octanol–water partition coefficient (Wildman–Crippen LogP) is 0.593. The fraction of sp³-hybridized carbons (Fsp3) is 0.667. The van der Waals surface area contributed by atoms with Crippen molar-refractivity contribution in [2.24, 2.45) is 0 Å². The highest BCUT2D eigenvalue weighted by Gasteiger charge is 2.30. The average Bonchev–Trinajstić information content (AvgIpc) is 2.33. The topological polar surface area (TPSA) is 46.6 Å². The van der Waals surface area contributed by atoms with E-state index in [1.165, 1.54) is 6.92 Å². The molecule has 1 saturated heterocycles. The van der Waals surface area contributed by atoms with Gasteiger partial charge in [-0.25, -0.2) is 9.69 Å². The minimum Gasteiger partial charge on any atom is -0.447 e. The third-order valence-electron chi connectivity index (χ3n) is 1.37. The summed E-state index contributed by atoms with van der Waals surface area (Å²) >= 11 is 5.47. The summed E-state index contributed by atoms with van der Waals surface area (Å²) < 4.78 is 4.54. The molecule has 1 fully saturated rings. The number of amides is 2. The number of nitrogens with zero attached hydrogens (tertiary/aromatic N) is 1. The quantitative estimate of drug-likeness (QED) is 0.551. The van der Waals surface area contributed by atoms with Crippen LogP contribution < -0.4 is 0 Å². The van der Waals surface area contributed by atoms with Gasteiger partial charge in [0.1, 0.15) is 12.0 Å². The van der Waals surface area contributed by atoms with Gasteiger partial charge in [0.15, 0.2) is 0 Å². The number of hydrogen-bond donors (Lipinski definition) is 0. The monoisotopic (exact) mass is 177 g/mol. The summed E-state index contributed by atoms with van der Waals surface area (Å²) in [5.41, 5.74) is 0. The second-order valence-corrected chi connectivity index (χ2v) is 2.87. The van der Waals surface area contributed by atoms with E-state index in [1.54, 1.807) is 0 Å². The Morgan fingerprint density at radius 2 is 2.45 bits per heavy atom. The molecule has 1 aliphatic rings. The largest absolute Gasteiger partial charge is 0.447 e. The lowest BCUT2D eigenvalue weighted by Gasteiger charge is -2.10. The number of carbonyl (C=O) groups excluding carboxylic acids is 2. The molecule has 1 unspecified atom stereocenters. The van der Waals surface area contributed by atoms with Crippen LogP contribution in [0.3, 0.4) is 0 Å². The molecular weight excluding hydrogens is 170 g/mol. The first-order chi connectivity index (χ1) is 5.13. The SMILES string of the molecule is CC(Cl)C(=O)N1CCOC1=O. The molecule has 1 atom stereocenters. The normalized spacial score (nSPS) is 19.8. The molecular formula is C6H8ClNO3. The highest BCUT2D eigenvalue weighted by molar-refractivity contribution is 6.31. The van der Waals surface area contributed by atoms with Gasteiger partial charge < -0.3 is 4.74 Å². The van der Waals surface area contributed by atoms with Crippen LogP contribution in [0.5, 0.6) is 0 Å². The number of ether oxygens (including phenoxy) is 1. The number of cyclic esters (lactones) is 1. The third kappa shape index (κ3) is 1.63. The molecule has 62 valence electrons. The lowest BCUT2D eigenvalue weighted by Crippen LogP contribution is -2.36. The summed E-state index contributed by atoms with van der Waals surface area (Å²) in [6.07, 6.45) is -0.595. The zero-order chi connectivity index (χ0) is 8.43. The molecule has 0 aromatic carbocycles. The molecule has 1 aliphatic heterocycles. The number of hydrogen-bond acceptors (Lipinski definition) is 3. The van der Waals surface area contributed by atoms with Crippen molar-refractivity contribution in [3.63, 3.8) is 0 Å². The van der Waals surface area contributed by atoms with Crippen molar-refractivity contribution >= 4 is 23.6 Å². The summed E-state index contributed by atoms with van der Waals surface area (Å²) in [4.78, 5) is 22.8. The maximum Gasteiger partial charge on any atom is 0.416 e. The van der Waals surface area contributed by atoms with Gasteiger partial charge in [0.25, 0.3) is 0 Å². The van der Waals surface area contributed by atoms with Gasteiger partial charge >= 0.3 is 6.09 Å². The van der Waals surface area contributed by atoms with Crippen molar-refractivity contribution in [2.75, 3.05) is 13.2 Å². The van der Waals surface area contributed by atoms with Gasteiger partial charge in [-0.1, -0.05) is 0 Å². The summed E-state index contributed by atoms with van der Waals surface area (Å²) in [5, 5.41) is -0.666. The summed E-state index contributed by atoms with van der Waals surface area (Å²) in [7, 11) is 0. The maximum atomic E-state index is 11.0.